The second-order valence-electron chi connectivity index (χ2n) is 3.61. The van der Waals surface area contributed by atoms with Crippen LogP contribution in [0.5, 0.6) is 0 Å². The molecule has 18 heavy (non-hydrogen) atoms. The zero-order valence-corrected chi connectivity index (χ0v) is 11.0. The minimum absolute atomic E-state index is 0.117. The van der Waals surface area contributed by atoms with Crippen LogP contribution in [-0.4, -0.2) is 52.0 Å². The van der Waals surface area contributed by atoms with Gasteiger partial charge >= 0.3 is 0 Å². The predicted octanol–water partition coefficient (Wildman–Crippen LogP) is -0.614. The van der Waals surface area contributed by atoms with Crippen molar-refractivity contribution in [3.63, 3.8) is 0 Å². The molecule has 0 heterocycles. The maximum absolute atomic E-state index is 11.9. The molecule has 0 amide bonds. The molecule has 0 aromatic heterocycles. The number of hydrogen-bond donors (Lipinski definition) is 3. The van der Waals surface area contributed by atoms with Crippen LogP contribution in [0.25, 0.3) is 0 Å². The molecular weight excluding hydrogens is 256 g/mol. The Morgan fingerprint density at radius 1 is 1.17 bits per heavy atom. The molecule has 0 spiro atoms. The van der Waals surface area contributed by atoms with Gasteiger partial charge in [-0.15, -0.1) is 0 Å². The topological polar surface area (TPSA) is 89.9 Å². The molecule has 0 radical (unpaired) electrons. The van der Waals surface area contributed by atoms with E-state index < -0.39 is 10.0 Å². The predicted molar refractivity (Wildman–Crippen MR) is 69.1 cm³/mol. The monoisotopic (exact) mass is 274 g/mol. The van der Waals surface area contributed by atoms with Crippen molar-refractivity contribution in [3.8, 4) is 0 Å². The number of aliphatic hydroxyl groups excluding tert-OH is 2. The van der Waals surface area contributed by atoms with Crippen LogP contribution in [0.2, 0.25) is 0 Å². The summed E-state index contributed by atoms with van der Waals surface area (Å²) in [6, 6.07) is 6.48. The third-order valence-electron chi connectivity index (χ3n) is 2.50. The van der Waals surface area contributed by atoms with Crippen molar-refractivity contribution in [2.45, 2.75) is 4.90 Å². The molecule has 1 aromatic rings. The van der Waals surface area contributed by atoms with E-state index in [1.165, 1.54) is 13.1 Å². The number of nitrogens with zero attached hydrogens (tertiary/aromatic N) is 1. The number of benzene rings is 1. The molecule has 7 heteroatoms. The molecule has 0 bridgehead atoms. The number of aliphatic hydroxyl groups is 2. The van der Waals surface area contributed by atoms with Crippen LogP contribution in [0.15, 0.2) is 29.2 Å². The Morgan fingerprint density at radius 3 is 2.22 bits per heavy atom. The molecule has 3 N–H and O–H groups in total. The summed E-state index contributed by atoms with van der Waals surface area (Å²) in [6.45, 7) is 0.287. The first-order valence-electron chi connectivity index (χ1n) is 5.56. The zero-order valence-electron chi connectivity index (χ0n) is 10.2. The second-order valence-corrected chi connectivity index (χ2v) is 5.46. The van der Waals surface area contributed by atoms with Crippen LogP contribution in [0.4, 0.5) is 5.69 Å². The van der Waals surface area contributed by atoms with Crippen LogP contribution in [0.1, 0.15) is 0 Å². The average Bonchev–Trinajstić information content (AvgIpc) is 2.38. The maximum Gasteiger partial charge on any atom is 0.242 e. The summed E-state index contributed by atoms with van der Waals surface area (Å²) < 4.78 is 26.0. The first-order chi connectivity index (χ1) is 8.56. The molecule has 0 aliphatic rings. The lowest BCUT2D eigenvalue weighted by molar-refractivity contribution is 0.281. The Morgan fingerprint density at radius 2 is 1.72 bits per heavy atom. The Kier molecular flexibility index (Phi) is 5.54. The van der Waals surface area contributed by atoms with E-state index in [1.54, 1.807) is 23.1 Å². The lowest BCUT2D eigenvalue weighted by Crippen LogP contribution is -2.32. The highest BCUT2D eigenvalue weighted by molar-refractivity contribution is 7.89. The van der Waals surface area contributed by atoms with Gasteiger partial charge in [0.25, 0.3) is 0 Å². The molecule has 0 aliphatic heterocycles. The maximum atomic E-state index is 11.9. The Labute approximate surface area is 107 Å². The summed E-state index contributed by atoms with van der Waals surface area (Å²) in [5, 5.41) is 18.0. The van der Waals surface area contributed by atoms with Crippen LogP contribution >= 0.6 is 0 Å². The number of sulfonamides is 1. The fourth-order valence-corrected chi connectivity index (χ4v) is 2.60. The number of anilines is 1. The Hall–Kier alpha value is -1.15. The number of rotatable bonds is 7. The van der Waals surface area contributed by atoms with Gasteiger partial charge in [0.05, 0.1) is 18.9 Å². The lowest BCUT2D eigenvalue weighted by atomic mass is 10.3. The van der Waals surface area contributed by atoms with E-state index in [-0.39, 0.29) is 31.2 Å². The van der Waals surface area contributed by atoms with Crippen LogP contribution in [-0.2, 0) is 10.0 Å². The largest absolute Gasteiger partial charge is 0.395 e. The van der Waals surface area contributed by atoms with Gasteiger partial charge in [-0.25, -0.2) is 13.1 Å². The van der Waals surface area contributed by atoms with Crippen molar-refractivity contribution in [3.05, 3.63) is 24.3 Å². The van der Waals surface area contributed by atoms with Gasteiger partial charge < -0.3 is 15.1 Å². The van der Waals surface area contributed by atoms with E-state index in [0.717, 1.165) is 0 Å². The summed E-state index contributed by atoms with van der Waals surface area (Å²) in [4.78, 5) is 1.76. The third-order valence-corrected chi connectivity index (χ3v) is 3.97. The van der Waals surface area contributed by atoms with Crippen LogP contribution < -0.4 is 9.62 Å². The van der Waals surface area contributed by atoms with Gasteiger partial charge in [-0.1, -0.05) is 12.1 Å². The van der Waals surface area contributed by atoms with Crippen molar-refractivity contribution in [1.29, 1.82) is 0 Å². The molecule has 0 saturated heterocycles. The molecule has 1 rings (SSSR count). The molecule has 0 saturated carbocycles. The molecule has 0 aliphatic carbocycles. The van der Waals surface area contributed by atoms with E-state index in [0.29, 0.717) is 5.69 Å². The van der Waals surface area contributed by atoms with Crippen molar-refractivity contribution in [2.24, 2.45) is 0 Å². The molecule has 0 atom stereocenters. The third kappa shape index (κ3) is 3.42. The molecule has 0 fully saturated rings. The Balaban J connectivity index is 3.22. The fraction of sp³-hybridized carbons (Fsp3) is 0.455. The number of para-hydroxylation sites is 1. The van der Waals surface area contributed by atoms with Gasteiger partial charge in [0.15, 0.2) is 0 Å². The van der Waals surface area contributed by atoms with E-state index in [9.17, 15) is 8.42 Å². The van der Waals surface area contributed by atoms with Gasteiger partial charge in [-0.05, 0) is 19.2 Å². The quantitative estimate of drug-likeness (QED) is 0.617. The van der Waals surface area contributed by atoms with Crippen molar-refractivity contribution >= 4 is 15.7 Å². The molecule has 0 unspecified atom stereocenters. The lowest BCUT2D eigenvalue weighted by Gasteiger charge is -2.25. The summed E-state index contributed by atoms with van der Waals surface area (Å²) >= 11 is 0. The van der Waals surface area contributed by atoms with Gasteiger partial charge in [0.1, 0.15) is 4.90 Å². The minimum Gasteiger partial charge on any atom is -0.395 e. The van der Waals surface area contributed by atoms with Crippen molar-refractivity contribution in [2.75, 3.05) is 38.3 Å². The second kappa shape index (κ2) is 6.69. The first kappa shape index (κ1) is 14.9. The van der Waals surface area contributed by atoms with Crippen LogP contribution in [0, 0.1) is 0 Å². The van der Waals surface area contributed by atoms with E-state index in [2.05, 4.69) is 4.72 Å². The van der Waals surface area contributed by atoms with Gasteiger partial charge in [-0.3, -0.25) is 0 Å². The number of hydrogen-bond acceptors (Lipinski definition) is 5. The highest BCUT2D eigenvalue weighted by Gasteiger charge is 2.19. The summed E-state index contributed by atoms with van der Waals surface area (Å²) in [5.74, 6) is 0. The summed E-state index contributed by atoms with van der Waals surface area (Å²) in [7, 11) is -2.22. The highest BCUT2D eigenvalue weighted by atomic mass is 32.2. The summed E-state index contributed by atoms with van der Waals surface area (Å²) in [5.41, 5.74) is 0.468. The molecule has 1 aromatic carbocycles. The number of nitrogens with one attached hydrogen (secondary N) is 1. The first-order valence-corrected chi connectivity index (χ1v) is 7.04. The molecular formula is C11H18N2O4S. The minimum atomic E-state index is -3.57. The van der Waals surface area contributed by atoms with Crippen LogP contribution in [0.3, 0.4) is 0 Å². The van der Waals surface area contributed by atoms with Gasteiger partial charge in [0, 0.05) is 13.1 Å². The van der Waals surface area contributed by atoms with E-state index >= 15 is 0 Å². The van der Waals surface area contributed by atoms with Gasteiger partial charge in [-0.2, -0.15) is 0 Å². The fourth-order valence-electron chi connectivity index (χ4n) is 1.65. The SMILES string of the molecule is CNS(=O)(=O)c1ccccc1N(CCO)CCO. The van der Waals surface area contributed by atoms with E-state index in [4.69, 9.17) is 10.2 Å². The van der Waals surface area contributed by atoms with Gasteiger partial charge in [0.2, 0.25) is 10.0 Å². The Bertz CT molecular complexity index is 470. The smallest absolute Gasteiger partial charge is 0.242 e. The average molecular weight is 274 g/mol. The van der Waals surface area contributed by atoms with Crippen molar-refractivity contribution < 1.29 is 18.6 Å². The van der Waals surface area contributed by atoms with E-state index in [1.807, 2.05) is 0 Å². The van der Waals surface area contributed by atoms with Crippen molar-refractivity contribution in [1.82, 2.24) is 4.72 Å². The normalized spacial score (nSPS) is 11.5. The zero-order chi connectivity index (χ0) is 13.6. The standard InChI is InChI=1S/C11H18N2O4S/c1-12-18(16,17)11-5-3-2-4-10(11)13(6-8-14)7-9-15/h2-5,12,14-15H,6-9H2,1H3. The highest BCUT2D eigenvalue weighted by Crippen LogP contribution is 2.24. The molecule has 102 valence electrons. The molecule has 6 nitrogen and oxygen atoms in total. The summed E-state index contributed by atoms with van der Waals surface area (Å²) in [6.07, 6.45) is 0.